The number of rotatable bonds is 9. The van der Waals surface area contributed by atoms with Crippen molar-refractivity contribution in [2.24, 2.45) is 5.92 Å². The minimum Gasteiger partial charge on any atom is -0.466 e. The van der Waals surface area contributed by atoms with Crippen molar-refractivity contribution in [1.29, 1.82) is 0 Å². The van der Waals surface area contributed by atoms with Gasteiger partial charge in [0.15, 0.2) is 0 Å². The van der Waals surface area contributed by atoms with E-state index in [1.54, 1.807) is 41.5 Å². The molecule has 2 rings (SSSR count). The minimum absolute atomic E-state index is 0.0878. The van der Waals surface area contributed by atoms with Gasteiger partial charge in [0.25, 0.3) is 0 Å². The number of nitrogens with zero attached hydrogens (tertiary/aromatic N) is 1. The predicted octanol–water partition coefficient (Wildman–Crippen LogP) is 6.14. The molecule has 0 aromatic heterocycles. The summed E-state index contributed by atoms with van der Waals surface area (Å²) in [5.41, 5.74) is -2.39. The number of amides is 1. The number of carbonyl (C=O) groups excluding carboxylic acids is 4. The second-order valence-corrected chi connectivity index (χ2v) is 12.3. The summed E-state index contributed by atoms with van der Waals surface area (Å²) in [6.45, 7) is 14.4. The summed E-state index contributed by atoms with van der Waals surface area (Å²) in [6, 6.07) is 0.176. The zero-order valence-corrected chi connectivity index (χ0v) is 23.7. The molecule has 212 valence electrons. The first-order chi connectivity index (χ1) is 17.0. The summed E-state index contributed by atoms with van der Waals surface area (Å²) >= 11 is 0. The van der Waals surface area contributed by atoms with Gasteiger partial charge in [-0.3, -0.25) is 4.79 Å². The zero-order chi connectivity index (χ0) is 28.0. The van der Waals surface area contributed by atoms with Crippen LogP contribution in [0, 0.1) is 5.92 Å². The summed E-state index contributed by atoms with van der Waals surface area (Å²) in [5, 5.41) is 0. The summed E-state index contributed by atoms with van der Waals surface area (Å²) in [6.07, 6.45) is 2.92. The maximum Gasteiger partial charge on any atom is 0.519 e. The molecule has 0 N–H and O–H groups in total. The maximum atomic E-state index is 13.1. The van der Waals surface area contributed by atoms with Crippen LogP contribution in [-0.4, -0.2) is 64.8 Å². The second-order valence-electron chi connectivity index (χ2n) is 12.3. The van der Waals surface area contributed by atoms with Crippen molar-refractivity contribution >= 4 is 24.4 Å². The largest absolute Gasteiger partial charge is 0.519 e. The molecular formula is C27H45NO9. The molecule has 2 atom stereocenters. The summed E-state index contributed by atoms with van der Waals surface area (Å²) in [7, 11) is 0. The maximum absolute atomic E-state index is 13.1. The standard InChI is InChI=1S/C27H45NO9/c1-9-33-21(29)17-18-15-19-11-12-20(16-18)28(19)22(30)35-26(5,6)13-10-14-27(7,8)37-24(32)34-23(31)36-25(2,3)4/h18-20H,9-17H2,1-8H3. The molecule has 2 unspecified atom stereocenters. The van der Waals surface area contributed by atoms with Gasteiger partial charge in [0.2, 0.25) is 0 Å². The molecule has 2 fully saturated rings. The van der Waals surface area contributed by atoms with Crippen LogP contribution in [0.25, 0.3) is 0 Å². The number of fused-ring (bicyclic) bond motifs is 2. The zero-order valence-electron chi connectivity index (χ0n) is 23.7. The van der Waals surface area contributed by atoms with E-state index in [0.29, 0.717) is 32.3 Å². The van der Waals surface area contributed by atoms with Crippen molar-refractivity contribution in [2.75, 3.05) is 6.61 Å². The van der Waals surface area contributed by atoms with Gasteiger partial charge in [-0.25, -0.2) is 14.4 Å². The number of piperidine rings is 1. The van der Waals surface area contributed by atoms with E-state index in [1.807, 2.05) is 18.7 Å². The molecule has 0 aromatic rings. The predicted molar refractivity (Wildman–Crippen MR) is 135 cm³/mol. The van der Waals surface area contributed by atoms with Crippen molar-refractivity contribution in [1.82, 2.24) is 4.90 Å². The Bertz CT molecular complexity index is 816. The van der Waals surface area contributed by atoms with Gasteiger partial charge in [-0.05, 0) is 106 Å². The van der Waals surface area contributed by atoms with E-state index in [0.717, 1.165) is 25.7 Å². The van der Waals surface area contributed by atoms with Crippen LogP contribution in [0.15, 0.2) is 0 Å². The third-order valence-corrected chi connectivity index (χ3v) is 6.64. The Kier molecular flexibility index (Phi) is 10.2. The lowest BCUT2D eigenvalue weighted by molar-refractivity contribution is -0.144. The highest BCUT2D eigenvalue weighted by atomic mass is 16.8. The topological polar surface area (TPSA) is 118 Å². The van der Waals surface area contributed by atoms with E-state index in [4.69, 9.17) is 18.9 Å². The fourth-order valence-electron chi connectivity index (χ4n) is 5.13. The third-order valence-electron chi connectivity index (χ3n) is 6.64. The van der Waals surface area contributed by atoms with Gasteiger partial charge in [-0.2, -0.15) is 0 Å². The highest BCUT2D eigenvalue weighted by Crippen LogP contribution is 2.41. The molecule has 0 radical (unpaired) electrons. The van der Waals surface area contributed by atoms with Gasteiger partial charge in [0.05, 0.1) is 6.61 Å². The quantitative estimate of drug-likeness (QED) is 0.198. The highest BCUT2D eigenvalue weighted by molar-refractivity contribution is 5.77. The van der Waals surface area contributed by atoms with Crippen molar-refractivity contribution in [3.05, 3.63) is 0 Å². The molecule has 2 aliphatic heterocycles. The summed E-state index contributed by atoms with van der Waals surface area (Å²) in [5.74, 6) is 0.0620. The van der Waals surface area contributed by atoms with Gasteiger partial charge < -0.3 is 28.6 Å². The van der Waals surface area contributed by atoms with Crippen LogP contribution < -0.4 is 0 Å². The lowest BCUT2D eigenvalue weighted by atomic mass is 9.88. The monoisotopic (exact) mass is 527 g/mol. The van der Waals surface area contributed by atoms with Crippen LogP contribution in [0.5, 0.6) is 0 Å². The Balaban J connectivity index is 1.79. The van der Waals surface area contributed by atoms with E-state index in [9.17, 15) is 19.2 Å². The molecule has 2 bridgehead atoms. The first kappa shape index (κ1) is 30.7. The molecule has 10 heteroatoms. The molecular weight excluding hydrogens is 482 g/mol. The minimum atomic E-state index is -1.12. The average molecular weight is 528 g/mol. The van der Waals surface area contributed by atoms with Gasteiger partial charge >= 0.3 is 24.4 Å². The molecule has 10 nitrogen and oxygen atoms in total. The molecule has 2 saturated heterocycles. The highest BCUT2D eigenvalue weighted by Gasteiger charge is 2.45. The number of carbonyl (C=O) groups is 4. The molecule has 0 aliphatic carbocycles. The number of ether oxygens (including phenoxy) is 5. The van der Waals surface area contributed by atoms with Gasteiger partial charge in [-0.1, -0.05) is 0 Å². The molecule has 2 aliphatic rings. The van der Waals surface area contributed by atoms with Crippen LogP contribution in [0.2, 0.25) is 0 Å². The van der Waals surface area contributed by atoms with E-state index < -0.39 is 29.1 Å². The third kappa shape index (κ3) is 10.4. The lowest BCUT2D eigenvalue weighted by Gasteiger charge is -2.40. The molecule has 0 aromatic carbocycles. The molecule has 37 heavy (non-hydrogen) atoms. The summed E-state index contributed by atoms with van der Waals surface area (Å²) in [4.78, 5) is 50.5. The smallest absolute Gasteiger partial charge is 0.466 e. The molecule has 0 saturated carbocycles. The van der Waals surface area contributed by atoms with E-state index in [2.05, 4.69) is 4.74 Å². The van der Waals surface area contributed by atoms with Gasteiger partial charge in [0.1, 0.15) is 16.8 Å². The van der Waals surface area contributed by atoms with Crippen LogP contribution in [0.3, 0.4) is 0 Å². The van der Waals surface area contributed by atoms with Crippen molar-refractivity contribution in [2.45, 2.75) is 136 Å². The van der Waals surface area contributed by atoms with Crippen LogP contribution in [0.4, 0.5) is 14.4 Å². The Morgan fingerprint density at radius 3 is 1.81 bits per heavy atom. The van der Waals surface area contributed by atoms with Crippen molar-refractivity contribution in [3.63, 3.8) is 0 Å². The Morgan fingerprint density at radius 2 is 1.30 bits per heavy atom. The fourth-order valence-corrected chi connectivity index (χ4v) is 5.13. The normalized spacial score (nSPS) is 21.7. The van der Waals surface area contributed by atoms with E-state index in [-0.39, 0.29) is 30.1 Å². The summed E-state index contributed by atoms with van der Waals surface area (Å²) < 4.78 is 25.8. The molecule has 0 spiro atoms. The number of hydrogen-bond acceptors (Lipinski definition) is 9. The second kappa shape index (κ2) is 12.3. The van der Waals surface area contributed by atoms with Crippen LogP contribution >= 0.6 is 0 Å². The van der Waals surface area contributed by atoms with Crippen molar-refractivity contribution in [3.8, 4) is 0 Å². The average Bonchev–Trinajstić information content (AvgIpc) is 2.96. The SMILES string of the molecule is CCOC(=O)CC1CC2CCC(C1)N2C(=O)OC(C)(C)CCCC(C)(C)OC(=O)OC(=O)OC(C)(C)C. The fraction of sp³-hybridized carbons (Fsp3) is 0.852. The van der Waals surface area contributed by atoms with Crippen molar-refractivity contribution < 1.29 is 42.9 Å². The Morgan fingerprint density at radius 1 is 0.784 bits per heavy atom. The van der Waals surface area contributed by atoms with Gasteiger partial charge in [0, 0.05) is 18.5 Å². The van der Waals surface area contributed by atoms with Gasteiger partial charge in [-0.15, -0.1) is 0 Å². The van der Waals surface area contributed by atoms with Crippen LogP contribution in [0.1, 0.15) is 107 Å². The van der Waals surface area contributed by atoms with E-state index in [1.165, 1.54) is 0 Å². The number of esters is 1. The first-order valence-electron chi connectivity index (χ1n) is 13.3. The Hall–Kier alpha value is -2.52. The van der Waals surface area contributed by atoms with Crippen LogP contribution in [-0.2, 0) is 28.5 Å². The molecule has 2 heterocycles. The first-order valence-corrected chi connectivity index (χ1v) is 13.3. The molecule has 1 amide bonds. The van der Waals surface area contributed by atoms with E-state index >= 15 is 0 Å². The number of hydrogen-bond donors (Lipinski definition) is 0. The Labute approximate surface area is 220 Å². The lowest BCUT2D eigenvalue weighted by Crippen LogP contribution is -2.49.